The molecule has 6 nitrogen and oxygen atoms in total. The van der Waals surface area contributed by atoms with Gasteiger partial charge in [-0.15, -0.1) is 5.10 Å². The highest BCUT2D eigenvalue weighted by atomic mass is 16.2. The molecule has 0 aromatic carbocycles. The summed E-state index contributed by atoms with van der Waals surface area (Å²) in [6.45, 7) is 1.18. The van der Waals surface area contributed by atoms with Crippen molar-refractivity contribution in [1.82, 2.24) is 19.7 Å². The summed E-state index contributed by atoms with van der Waals surface area (Å²) in [7, 11) is 0. The number of carbonyl (C=O) groups is 1. The number of carbonyl (C=O) groups excluding carboxylic acids is 1. The highest BCUT2D eigenvalue weighted by molar-refractivity contribution is 5.76. The van der Waals surface area contributed by atoms with Crippen molar-refractivity contribution in [3.8, 4) is 0 Å². The Bertz CT molecular complexity index is 462. The van der Waals surface area contributed by atoms with Gasteiger partial charge in [-0.05, 0) is 31.6 Å². The molecule has 0 spiro atoms. The molecule has 0 aliphatic heterocycles. The highest BCUT2D eigenvalue weighted by Crippen LogP contribution is 2.31. The van der Waals surface area contributed by atoms with Crippen LogP contribution in [0.1, 0.15) is 44.9 Å². The molecule has 0 unspecified atom stereocenters. The minimum atomic E-state index is 0.156. The maximum Gasteiger partial charge on any atom is 0.244 e. The van der Waals surface area contributed by atoms with Gasteiger partial charge in [0.25, 0.3) is 0 Å². The quantitative estimate of drug-likeness (QED) is 0.883. The van der Waals surface area contributed by atoms with Gasteiger partial charge in [-0.2, -0.15) is 0 Å². The van der Waals surface area contributed by atoms with Crippen LogP contribution in [0.2, 0.25) is 0 Å². The summed E-state index contributed by atoms with van der Waals surface area (Å²) in [4.78, 5) is 18.4. The Morgan fingerprint density at radius 2 is 2.05 bits per heavy atom. The van der Waals surface area contributed by atoms with Crippen LogP contribution in [0.3, 0.4) is 0 Å². The number of rotatable bonds is 5. The minimum absolute atomic E-state index is 0.156. The molecule has 0 saturated heterocycles. The summed E-state index contributed by atoms with van der Waals surface area (Å²) >= 11 is 0. The van der Waals surface area contributed by atoms with Crippen LogP contribution in [-0.4, -0.2) is 38.2 Å². The minimum Gasteiger partial charge on any atom is -0.367 e. The normalized spacial score (nSPS) is 20.0. The van der Waals surface area contributed by atoms with Gasteiger partial charge >= 0.3 is 0 Å². The van der Waals surface area contributed by atoms with E-state index in [0.717, 1.165) is 19.4 Å². The summed E-state index contributed by atoms with van der Waals surface area (Å²) in [5.41, 5.74) is 5.48. The molecule has 2 aliphatic carbocycles. The molecule has 1 aromatic heterocycles. The van der Waals surface area contributed by atoms with Gasteiger partial charge in [-0.25, -0.2) is 9.67 Å². The van der Waals surface area contributed by atoms with Crippen molar-refractivity contribution in [3.05, 3.63) is 6.33 Å². The maximum atomic E-state index is 12.5. The summed E-state index contributed by atoms with van der Waals surface area (Å²) in [5, 5.41) is 4.00. The fraction of sp³-hybridized carbons (Fsp3) is 0.786. The van der Waals surface area contributed by atoms with E-state index < -0.39 is 0 Å². The van der Waals surface area contributed by atoms with E-state index in [0.29, 0.717) is 12.0 Å². The zero-order valence-corrected chi connectivity index (χ0v) is 11.9. The molecule has 6 heteroatoms. The summed E-state index contributed by atoms with van der Waals surface area (Å²) in [6.07, 6.45) is 10.4. The summed E-state index contributed by atoms with van der Waals surface area (Å²) in [5.74, 6) is 1.07. The lowest BCUT2D eigenvalue weighted by molar-refractivity contribution is -0.133. The largest absolute Gasteiger partial charge is 0.367 e. The van der Waals surface area contributed by atoms with Gasteiger partial charge in [0.15, 0.2) is 0 Å². The Morgan fingerprint density at radius 1 is 1.30 bits per heavy atom. The van der Waals surface area contributed by atoms with Gasteiger partial charge in [0.2, 0.25) is 11.9 Å². The van der Waals surface area contributed by atoms with Crippen LogP contribution in [-0.2, 0) is 11.3 Å². The summed E-state index contributed by atoms with van der Waals surface area (Å²) < 4.78 is 1.54. The number of anilines is 1. The molecule has 2 N–H and O–H groups in total. The van der Waals surface area contributed by atoms with Gasteiger partial charge in [0.05, 0.1) is 0 Å². The van der Waals surface area contributed by atoms with Crippen molar-refractivity contribution < 1.29 is 4.79 Å². The average molecular weight is 277 g/mol. The Hall–Kier alpha value is -1.59. The van der Waals surface area contributed by atoms with Crippen molar-refractivity contribution in [2.45, 2.75) is 57.5 Å². The monoisotopic (exact) mass is 277 g/mol. The third kappa shape index (κ3) is 3.29. The predicted molar refractivity (Wildman–Crippen MR) is 75.7 cm³/mol. The van der Waals surface area contributed by atoms with Gasteiger partial charge in [0, 0.05) is 12.6 Å². The number of nitrogens with two attached hydrogens (primary N) is 1. The smallest absolute Gasteiger partial charge is 0.244 e. The first-order valence-corrected chi connectivity index (χ1v) is 7.67. The van der Waals surface area contributed by atoms with Crippen LogP contribution in [0.25, 0.3) is 0 Å². The molecule has 110 valence electrons. The number of hydrogen-bond acceptors (Lipinski definition) is 4. The lowest BCUT2D eigenvalue weighted by Gasteiger charge is -2.30. The lowest BCUT2D eigenvalue weighted by Crippen LogP contribution is -2.39. The van der Waals surface area contributed by atoms with E-state index in [1.807, 2.05) is 0 Å². The van der Waals surface area contributed by atoms with Crippen LogP contribution in [0.15, 0.2) is 6.33 Å². The SMILES string of the molecule is Nc1ncn(CC(=O)N(CC2CCCCC2)C2CC2)n1. The van der Waals surface area contributed by atoms with Crippen LogP contribution in [0.4, 0.5) is 5.95 Å². The van der Waals surface area contributed by atoms with E-state index in [1.54, 1.807) is 0 Å². The second-order valence-corrected chi connectivity index (χ2v) is 6.08. The first-order valence-electron chi connectivity index (χ1n) is 7.67. The third-order valence-corrected chi connectivity index (χ3v) is 4.34. The fourth-order valence-electron chi connectivity index (χ4n) is 3.10. The molecule has 2 fully saturated rings. The second kappa shape index (κ2) is 5.81. The molecule has 20 heavy (non-hydrogen) atoms. The first-order chi connectivity index (χ1) is 9.72. The van der Waals surface area contributed by atoms with E-state index in [-0.39, 0.29) is 18.4 Å². The molecule has 2 aliphatic rings. The fourth-order valence-corrected chi connectivity index (χ4v) is 3.10. The van der Waals surface area contributed by atoms with E-state index >= 15 is 0 Å². The highest BCUT2D eigenvalue weighted by Gasteiger charge is 2.34. The van der Waals surface area contributed by atoms with E-state index in [2.05, 4.69) is 15.0 Å². The molecule has 1 amide bonds. The number of aromatic nitrogens is 3. The van der Waals surface area contributed by atoms with Crippen molar-refractivity contribution in [1.29, 1.82) is 0 Å². The van der Waals surface area contributed by atoms with E-state index in [4.69, 9.17) is 5.73 Å². The zero-order valence-electron chi connectivity index (χ0n) is 11.9. The Balaban J connectivity index is 1.59. The molecule has 0 atom stereocenters. The van der Waals surface area contributed by atoms with Gasteiger partial charge in [-0.1, -0.05) is 19.3 Å². The Kier molecular flexibility index (Phi) is 3.89. The van der Waals surface area contributed by atoms with Crippen LogP contribution < -0.4 is 5.73 Å². The number of amides is 1. The predicted octanol–water partition coefficient (Wildman–Crippen LogP) is 1.43. The van der Waals surface area contributed by atoms with Gasteiger partial charge in [-0.3, -0.25) is 4.79 Å². The Morgan fingerprint density at radius 3 is 2.65 bits per heavy atom. The number of hydrogen-bond donors (Lipinski definition) is 1. The molecule has 1 heterocycles. The number of nitrogens with zero attached hydrogens (tertiary/aromatic N) is 4. The molecule has 0 bridgehead atoms. The average Bonchev–Trinajstić information content (AvgIpc) is 3.21. The Labute approximate surface area is 119 Å². The van der Waals surface area contributed by atoms with E-state index in [1.165, 1.54) is 43.1 Å². The molecule has 0 radical (unpaired) electrons. The van der Waals surface area contributed by atoms with Crippen molar-refractivity contribution in [2.75, 3.05) is 12.3 Å². The molecule has 3 rings (SSSR count). The lowest BCUT2D eigenvalue weighted by atomic mass is 9.89. The molecule has 1 aromatic rings. The topological polar surface area (TPSA) is 77.0 Å². The van der Waals surface area contributed by atoms with Gasteiger partial charge < -0.3 is 10.6 Å². The van der Waals surface area contributed by atoms with E-state index in [9.17, 15) is 4.79 Å². The summed E-state index contributed by atoms with van der Waals surface area (Å²) in [6, 6.07) is 0.463. The molecular formula is C14H23N5O. The van der Waals surface area contributed by atoms with Gasteiger partial charge in [0.1, 0.15) is 12.9 Å². The van der Waals surface area contributed by atoms with Crippen LogP contribution in [0, 0.1) is 5.92 Å². The van der Waals surface area contributed by atoms with Crippen LogP contribution >= 0.6 is 0 Å². The van der Waals surface area contributed by atoms with Crippen molar-refractivity contribution in [2.24, 2.45) is 5.92 Å². The standard InChI is InChI=1S/C14H23N5O/c15-14-16-10-18(17-14)9-13(20)19(12-6-7-12)8-11-4-2-1-3-5-11/h10-12H,1-9H2,(H2,15,17). The zero-order chi connectivity index (χ0) is 13.9. The third-order valence-electron chi connectivity index (χ3n) is 4.34. The maximum absolute atomic E-state index is 12.5. The first kappa shape index (κ1) is 13.4. The van der Waals surface area contributed by atoms with Crippen LogP contribution in [0.5, 0.6) is 0 Å². The second-order valence-electron chi connectivity index (χ2n) is 6.08. The number of nitrogen functional groups attached to an aromatic ring is 1. The molecule has 2 saturated carbocycles. The van der Waals surface area contributed by atoms with Crippen molar-refractivity contribution in [3.63, 3.8) is 0 Å². The van der Waals surface area contributed by atoms with Crippen molar-refractivity contribution >= 4 is 11.9 Å². The molecular weight excluding hydrogens is 254 g/mol.